The van der Waals surface area contributed by atoms with Gasteiger partial charge >= 0.3 is 0 Å². The molecule has 0 saturated carbocycles. The zero-order valence-electron chi connectivity index (χ0n) is 25.3. The maximum Gasteiger partial charge on any atom is 0.261 e. The lowest BCUT2D eigenvalue weighted by molar-refractivity contribution is -0.143. The lowest BCUT2D eigenvalue weighted by Crippen LogP contribution is -2.45. The minimum absolute atomic E-state index is 0.0187. The number of carbonyl (C=O) groups excluding carboxylic acids is 2. The fraction of sp³-hybridized carbons (Fsp3) is 0.257. The first kappa shape index (κ1) is 32.8. The van der Waals surface area contributed by atoms with Gasteiger partial charge in [0.15, 0.2) is 6.61 Å². The van der Waals surface area contributed by atoms with Crippen LogP contribution >= 0.6 is 0 Å². The Labute approximate surface area is 268 Å². The van der Waals surface area contributed by atoms with Gasteiger partial charge < -0.3 is 19.7 Å². The van der Waals surface area contributed by atoms with E-state index in [9.17, 15) is 22.4 Å². The highest BCUT2D eigenvalue weighted by Gasteiger charge is 2.32. The number of sulfonamides is 1. The molecule has 4 aromatic carbocycles. The summed E-state index contributed by atoms with van der Waals surface area (Å²) in [5.74, 6) is -0.974. The Kier molecular flexibility index (Phi) is 11.1. The van der Waals surface area contributed by atoms with Crippen LogP contribution in [-0.4, -0.2) is 68.9 Å². The first-order valence-electron chi connectivity index (χ1n) is 15.0. The number of nitrogens with one attached hydrogen (secondary N) is 1. The van der Waals surface area contributed by atoms with E-state index in [1.165, 1.54) is 45.6 Å². The normalized spacial score (nSPS) is 14.3. The van der Waals surface area contributed by atoms with Crippen molar-refractivity contribution in [2.24, 2.45) is 0 Å². The smallest absolute Gasteiger partial charge is 0.261 e. The van der Waals surface area contributed by atoms with Crippen molar-refractivity contribution in [1.82, 2.24) is 14.5 Å². The summed E-state index contributed by atoms with van der Waals surface area (Å²) in [5.41, 5.74) is 2.30. The molecule has 1 aliphatic heterocycles. The van der Waals surface area contributed by atoms with E-state index in [2.05, 4.69) is 5.32 Å². The van der Waals surface area contributed by atoms with Crippen LogP contribution in [0.1, 0.15) is 22.7 Å². The van der Waals surface area contributed by atoms with Gasteiger partial charge in [0.25, 0.3) is 5.91 Å². The molecule has 1 fully saturated rings. The number of benzene rings is 4. The third-order valence-corrected chi connectivity index (χ3v) is 9.52. The molecule has 2 amide bonds. The van der Waals surface area contributed by atoms with Gasteiger partial charge in [0, 0.05) is 26.2 Å². The number of morpholine rings is 1. The van der Waals surface area contributed by atoms with Crippen molar-refractivity contribution in [3.63, 3.8) is 0 Å². The van der Waals surface area contributed by atoms with Crippen molar-refractivity contribution >= 4 is 21.8 Å². The van der Waals surface area contributed by atoms with E-state index >= 15 is 0 Å². The van der Waals surface area contributed by atoms with E-state index in [0.717, 1.165) is 5.56 Å². The van der Waals surface area contributed by atoms with Crippen LogP contribution in [0.3, 0.4) is 0 Å². The third kappa shape index (κ3) is 8.57. The van der Waals surface area contributed by atoms with Gasteiger partial charge in [0.1, 0.15) is 17.6 Å². The molecule has 240 valence electrons. The van der Waals surface area contributed by atoms with Crippen LogP contribution in [0, 0.1) is 5.82 Å². The van der Waals surface area contributed by atoms with Crippen molar-refractivity contribution < 1.29 is 31.9 Å². The molecule has 1 unspecified atom stereocenters. The second-order valence-corrected chi connectivity index (χ2v) is 12.7. The predicted molar refractivity (Wildman–Crippen MR) is 171 cm³/mol. The van der Waals surface area contributed by atoms with Gasteiger partial charge in [-0.3, -0.25) is 9.59 Å². The fourth-order valence-corrected chi connectivity index (χ4v) is 6.57. The number of halogens is 1. The summed E-state index contributed by atoms with van der Waals surface area (Å²) in [6, 6.07) is 29.3. The zero-order chi connectivity index (χ0) is 32.4. The summed E-state index contributed by atoms with van der Waals surface area (Å²) < 4.78 is 52.1. The number of ether oxygens (including phenoxy) is 2. The molecule has 0 aliphatic carbocycles. The predicted octanol–water partition coefficient (Wildman–Crippen LogP) is 4.35. The molecule has 0 radical (unpaired) electrons. The summed E-state index contributed by atoms with van der Waals surface area (Å²) in [7, 11) is -3.69. The van der Waals surface area contributed by atoms with Gasteiger partial charge in [0.05, 0.1) is 18.1 Å². The molecule has 4 aromatic rings. The van der Waals surface area contributed by atoms with Gasteiger partial charge in [0.2, 0.25) is 15.9 Å². The first-order valence-corrected chi connectivity index (χ1v) is 16.5. The zero-order valence-corrected chi connectivity index (χ0v) is 26.1. The molecule has 0 spiro atoms. The summed E-state index contributed by atoms with van der Waals surface area (Å²) in [6.45, 7) is 1.20. The summed E-state index contributed by atoms with van der Waals surface area (Å²) in [5, 5.41) is 2.98. The van der Waals surface area contributed by atoms with Crippen LogP contribution in [-0.2, 0) is 37.3 Å². The van der Waals surface area contributed by atoms with E-state index < -0.39 is 34.4 Å². The van der Waals surface area contributed by atoms with Gasteiger partial charge in [-0.1, -0.05) is 72.8 Å². The van der Waals surface area contributed by atoms with Crippen molar-refractivity contribution in [3.05, 3.63) is 132 Å². The average Bonchev–Trinajstić information content (AvgIpc) is 3.09. The van der Waals surface area contributed by atoms with E-state index in [-0.39, 0.29) is 30.4 Å². The molecule has 0 bridgehead atoms. The highest BCUT2D eigenvalue weighted by molar-refractivity contribution is 7.89. The SMILES string of the molecule is O=C(NCCc1ccccc1)C(c1ccccc1)N(Cc1ccc(F)cc1)C(=O)COc1ccc(S(=O)(=O)N2CCOCC2)cc1. The standard InChI is InChI=1S/C35H36FN3O6S/c36-30-13-11-28(12-14-30)25-39(34(29-9-5-2-6-10-29)35(41)37-20-19-27-7-3-1-4-8-27)33(40)26-45-31-15-17-32(18-16-31)46(42,43)38-21-23-44-24-22-38/h1-18,34H,19-26H2,(H,37,41). The second kappa shape index (κ2) is 15.6. The van der Waals surface area contributed by atoms with E-state index in [0.29, 0.717) is 43.1 Å². The molecule has 9 nitrogen and oxygen atoms in total. The van der Waals surface area contributed by atoms with Gasteiger partial charge in [-0.05, 0) is 59.5 Å². The average molecular weight is 646 g/mol. The molecular weight excluding hydrogens is 609 g/mol. The minimum Gasteiger partial charge on any atom is -0.484 e. The maximum atomic E-state index is 13.9. The Balaban J connectivity index is 1.34. The Hall–Kier alpha value is -4.58. The van der Waals surface area contributed by atoms with Gasteiger partial charge in [-0.25, -0.2) is 12.8 Å². The Morgan fingerprint density at radius 1 is 0.848 bits per heavy atom. The quantitative estimate of drug-likeness (QED) is 0.232. The third-order valence-electron chi connectivity index (χ3n) is 7.61. The van der Waals surface area contributed by atoms with Crippen molar-refractivity contribution in [2.45, 2.75) is 23.9 Å². The van der Waals surface area contributed by atoms with Crippen LogP contribution in [0.5, 0.6) is 5.75 Å². The number of rotatable bonds is 13. The molecule has 1 saturated heterocycles. The number of hydrogen-bond donors (Lipinski definition) is 1. The molecular formula is C35H36FN3O6S. The van der Waals surface area contributed by atoms with Gasteiger partial charge in [-0.2, -0.15) is 4.31 Å². The number of hydrogen-bond acceptors (Lipinski definition) is 6. The fourth-order valence-electron chi connectivity index (χ4n) is 5.16. The number of nitrogens with zero attached hydrogens (tertiary/aromatic N) is 2. The maximum absolute atomic E-state index is 13.9. The first-order chi connectivity index (χ1) is 22.3. The summed E-state index contributed by atoms with van der Waals surface area (Å²) >= 11 is 0. The Morgan fingerprint density at radius 2 is 1.48 bits per heavy atom. The highest BCUT2D eigenvalue weighted by atomic mass is 32.2. The summed E-state index contributed by atoms with van der Waals surface area (Å²) in [6.07, 6.45) is 0.611. The summed E-state index contributed by atoms with van der Waals surface area (Å²) in [4.78, 5) is 29.2. The van der Waals surface area contributed by atoms with Crippen LogP contribution in [0.25, 0.3) is 0 Å². The molecule has 11 heteroatoms. The topological polar surface area (TPSA) is 105 Å². The van der Waals surface area contributed by atoms with Crippen LogP contribution in [0.2, 0.25) is 0 Å². The Bertz CT molecular complexity index is 1680. The van der Waals surface area contributed by atoms with Crippen LogP contribution in [0.15, 0.2) is 114 Å². The van der Waals surface area contributed by atoms with E-state index in [1.807, 2.05) is 36.4 Å². The molecule has 0 aromatic heterocycles. The van der Waals surface area contributed by atoms with Crippen molar-refractivity contribution in [2.75, 3.05) is 39.5 Å². The Morgan fingerprint density at radius 3 is 2.13 bits per heavy atom. The van der Waals surface area contributed by atoms with Crippen LogP contribution < -0.4 is 10.1 Å². The molecule has 1 N–H and O–H groups in total. The molecule has 46 heavy (non-hydrogen) atoms. The van der Waals surface area contributed by atoms with E-state index in [1.54, 1.807) is 36.4 Å². The molecule has 1 aliphatic rings. The molecule has 5 rings (SSSR count). The van der Waals surface area contributed by atoms with Crippen LogP contribution in [0.4, 0.5) is 4.39 Å². The molecule has 1 heterocycles. The highest BCUT2D eigenvalue weighted by Crippen LogP contribution is 2.25. The molecule has 1 atom stereocenters. The number of carbonyl (C=O) groups is 2. The van der Waals surface area contributed by atoms with Gasteiger partial charge in [-0.15, -0.1) is 0 Å². The number of amides is 2. The van der Waals surface area contributed by atoms with E-state index in [4.69, 9.17) is 9.47 Å². The monoisotopic (exact) mass is 645 g/mol. The minimum atomic E-state index is -3.69. The van der Waals surface area contributed by atoms with Crippen molar-refractivity contribution in [3.8, 4) is 5.75 Å². The largest absolute Gasteiger partial charge is 0.484 e. The van der Waals surface area contributed by atoms with Crippen molar-refractivity contribution in [1.29, 1.82) is 0 Å². The lowest BCUT2D eigenvalue weighted by atomic mass is 10.0. The lowest BCUT2D eigenvalue weighted by Gasteiger charge is -2.31. The second-order valence-electron chi connectivity index (χ2n) is 10.8.